The van der Waals surface area contributed by atoms with Crippen molar-refractivity contribution >= 4 is 11.8 Å². The van der Waals surface area contributed by atoms with E-state index in [2.05, 4.69) is 50.8 Å². The van der Waals surface area contributed by atoms with E-state index in [-0.39, 0.29) is 23.9 Å². The molecule has 188 valence electrons. The molecule has 2 saturated heterocycles. The summed E-state index contributed by atoms with van der Waals surface area (Å²) in [6, 6.07) is 10.3. The fourth-order valence-corrected chi connectivity index (χ4v) is 6.22. The van der Waals surface area contributed by atoms with Crippen molar-refractivity contribution in [1.82, 2.24) is 20.4 Å². The topological polar surface area (TPSA) is 64.7 Å². The molecule has 3 fully saturated rings. The lowest BCUT2D eigenvalue weighted by Crippen LogP contribution is -2.57. The van der Waals surface area contributed by atoms with Gasteiger partial charge in [-0.25, -0.2) is 0 Å². The summed E-state index contributed by atoms with van der Waals surface area (Å²) >= 11 is 0. The Bertz CT molecular complexity index is 795. The van der Waals surface area contributed by atoms with Gasteiger partial charge in [0.05, 0.1) is 6.04 Å². The lowest BCUT2D eigenvalue weighted by molar-refractivity contribution is -0.139. The number of fused-ring (bicyclic) bond motifs is 1. The van der Waals surface area contributed by atoms with Crippen LogP contribution in [-0.2, 0) is 16.0 Å². The zero-order valence-corrected chi connectivity index (χ0v) is 21.2. The first kappa shape index (κ1) is 25.2. The van der Waals surface area contributed by atoms with Crippen molar-refractivity contribution in [3.63, 3.8) is 0 Å². The van der Waals surface area contributed by atoms with E-state index in [0.29, 0.717) is 11.8 Å². The fourth-order valence-electron chi connectivity index (χ4n) is 6.22. The number of nitrogens with one attached hydrogen (secondary N) is 2. The third kappa shape index (κ3) is 6.39. The summed E-state index contributed by atoms with van der Waals surface area (Å²) in [4.78, 5) is 31.3. The fraction of sp³-hybridized carbons (Fsp3) is 0.714. The van der Waals surface area contributed by atoms with Crippen molar-refractivity contribution in [3.05, 3.63) is 35.9 Å². The van der Waals surface area contributed by atoms with Crippen molar-refractivity contribution in [2.45, 2.75) is 82.8 Å². The van der Waals surface area contributed by atoms with Crippen molar-refractivity contribution in [3.8, 4) is 0 Å². The third-order valence-corrected chi connectivity index (χ3v) is 8.52. The molecule has 6 nitrogen and oxygen atoms in total. The molecule has 1 aromatic rings. The number of amides is 2. The van der Waals surface area contributed by atoms with E-state index in [4.69, 9.17) is 0 Å². The number of benzene rings is 1. The number of hydrogen-bond acceptors (Lipinski definition) is 4. The Kier molecular flexibility index (Phi) is 9.01. The summed E-state index contributed by atoms with van der Waals surface area (Å²) in [5.41, 5.74) is 1.37. The van der Waals surface area contributed by atoms with E-state index in [1.54, 1.807) is 7.05 Å². The van der Waals surface area contributed by atoms with Crippen LogP contribution in [0.5, 0.6) is 0 Å². The first-order valence-corrected chi connectivity index (χ1v) is 13.6. The van der Waals surface area contributed by atoms with E-state index < -0.39 is 6.04 Å². The zero-order chi connectivity index (χ0) is 23.9. The van der Waals surface area contributed by atoms with Gasteiger partial charge in [0.15, 0.2) is 0 Å². The maximum absolute atomic E-state index is 13.9. The first-order chi connectivity index (χ1) is 16.5. The van der Waals surface area contributed by atoms with Gasteiger partial charge in [0.1, 0.15) is 6.04 Å². The van der Waals surface area contributed by atoms with Crippen LogP contribution in [0.3, 0.4) is 0 Å². The largest absolute Gasteiger partial charge is 0.343 e. The molecule has 2 heterocycles. The normalized spacial score (nSPS) is 25.5. The third-order valence-electron chi connectivity index (χ3n) is 8.52. The summed E-state index contributed by atoms with van der Waals surface area (Å²) in [6.45, 7) is 5.81. The predicted molar refractivity (Wildman–Crippen MR) is 136 cm³/mol. The van der Waals surface area contributed by atoms with Gasteiger partial charge < -0.3 is 20.4 Å². The summed E-state index contributed by atoms with van der Waals surface area (Å²) in [6.07, 6.45) is 10.3. The molecular weight excluding hydrogens is 424 g/mol. The molecule has 0 bridgehead atoms. The molecule has 4 rings (SSSR count). The average Bonchev–Trinajstić information content (AvgIpc) is 3.30. The van der Waals surface area contributed by atoms with Crippen molar-refractivity contribution in [2.24, 2.45) is 11.8 Å². The number of nitrogens with zero attached hydrogens (tertiary/aromatic N) is 2. The van der Waals surface area contributed by atoms with Gasteiger partial charge in [-0.05, 0) is 63.6 Å². The molecule has 34 heavy (non-hydrogen) atoms. The van der Waals surface area contributed by atoms with Crippen LogP contribution in [0.15, 0.2) is 30.3 Å². The van der Waals surface area contributed by atoms with Gasteiger partial charge in [0.25, 0.3) is 0 Å². The van der Waals surface area contributed by atoms with Gasteiger partial charge in [0.2, 0.25) is 11.8 Å². The van der Waals surface area contributed by atoms with Crippen molar-refractivity contribution < 1.29 is 9.59 Å². The molecule has 1 aliphatic carbocycles. The van der Waals surface area contributed by atoms with Crippen molar-refractivity contribution in [2.75, 3.05) is 33.2 Å². The minimum absolute atomic E-state index is 0.0689. The number of likely N-dealkylation sites (N-methyl/N-ethyl adjacent to an activating group) is 1. The van der Waals surface area contributed by atoms with Crippen LogP contribution in [-0.4, -0.2) is 73.0 Å². The van der Waals surface area contributed by atoms with Gasteiger partial charge >= 0.3 is 0 Å². The van der Waals surface area contributed by atoms with E-state index in [1.165, 1.54) is 44.1 Å². The Hall–Kier alpha value is -1.92. The van der Waals surface area contributed by atoms with Crippen LogP contribution in [0.2, 0.25) is 0 Å². The Morgan fingerprint density at radius 1 is 1.03 bits per heavy atom. The molecular formula is C28H44N4O2. The van der Waals surface area contributed by atoms with E-state index in [9.17, 15) is 9.59 Å². The molecule has 6 heteroatoms. The molecule has 2 amide bonds. The number of hydrogen-bond donors (Lipinski definition) is 2. The van der Waals surface area contributed by atoms with Crippen LogP contribution in [0, 0.1) is 11.8 Å². The van der Waals surface area contributed by atoms with E-state index in [0.717, 1.165) is 45.4 Å². The minimum atomic E-state index is -0.398. The second-order valence-corrected chi connectivity index (χ2v) is 10.8. The van der Waals surface area contributed by atoms with E-state index in [1.807, 2.05) is 6.92 Å². The SMILES string of the molecule is CN[C@@H](C)C(=O)N[C@@H](CC1CCCCC1)C(=O)N1CC[C@H]2CCN(CCc3ccccc3)C[C@H]21. The number of piperidine rings is 1. The number of rotatable bonds is 9. The summed E-state index contributed by atoms with van der Waals surface area (Å²) < 4.78 is 0. The Labute approximate surface area is 205 Å². The highest BCUT2D eigenvalue weighted by Gasteiger charge is 2.43. The van der Waals surface area contributed by atoms with Crippen LogP contribution >= 0.6 is 0 Å². The molecule has 3 aliphatic rings. The average molecular weight is 469 g/mol. The monoisotopic (exact) mass is 468 g/mol. The molecule has 2 N–H and O–H groups in total. The Morgan fingerprint density at radius 3 is 2.50 bits per heavy atom. The standard InChI is InChI=1S/C28H44N4O2/c1-21(29-2)27(33)30-25(19-23-11-7-4-8-12-23)28(34)32-18-15-24-14-17-31(20-26(24)32)16-13-22-9-5-3-6-10-22/h3,5-6,9-10,21,23-26,29H,4,7-8,11-20H2,1-2H3,(H,30,33)/t21-,24+,25-,26+/m0/s1. The molecule has 1 saturated carbocycles. The molecule has 0 radical (unpaired) electrons. The minimum Gasteiger partial charge on any atom is -0.343 e. The highest BCUT2D eigenvalue weighted by atomic mass is 16.2. The molecule has 0 spiro atoms. The van der Waals surface area contributed by atoms with Gasteiger partial charge in [-0.2, -0.15) is 0 Å². The second kappa shape index (κ2) is 12.2. The zero-order valence-electron chi connectivity index (χ0n) is 21.2. The summed E-state index contributed by atoms with van der Waals surface area (Å²) in [5.74, 6) is 1.22. The number of carbonyl (C=O) groups is 2. The lowest BCUT2D eigenvalue weighted by Gasteiger charge is -2.40. The van der Waals surface area contributed by atoms with E-state index >= 15 is 0 Å². The summed E-state index contributed by atoms with van der Waals surface area (Å²) in [7, 11) is 1.79. The quantitative estimate of drug-likeness (QED) is 0.584. The number of carbonyl (C=O) groups excluding carboxylic acids is 2. The molecule has 0 unspecified atom stereocenters. The first-order valence-electron chi connectivity index (χ1n) is 13.6. The second-order valence-electron chi connectivity index (χ2n) is 10.8. The van der Waals surface area contributed by atoms with Crippen LogP contribution in [0.1, 0.15) is 63.9 Å². The van der Waals surface area contributed by atoms with Crippen molar-refractivity contribution in [1.29, 1.82) is 0 Å². The Morgan fingerprint density at radius 2 is 1.76 bits per heavy atom. The lowest BCUT2D eigenvalue weighted by atomic mass is 9.84. The smallest absolute Gasteiger partial charge is 0.245 e. The maximum Gasteiger partial charge on any atom is 0.245 e. The maximum atomic E-state index is 13.9. The number of likely N-dealkylation sites (tertiary alicyclic amines) is 2. The van der Waals surface area contributed by atoms with Crippen LogP contribution < -0.4 is 10.6 Å². The van der Waals surface area contributed by atoms with Gasteiger partial charge in [-0.3, -0.25) is 9.59 Å². The van der Waals surface area contributed by atoms with Gasteiger partial charge in [-0.1, -0.05) is 62.4 Å². The highest BCUT2D eigenvalue weighted by Crippen LogP contribution is 2.34. The summed E-state index contributed by atoms with van der Waals surface area (Å²) in [5, 5.41) is 6.16. The molecule has 0 aromatic heterocycles. The molecule has 1 aromatic carbocycles. The van der Waals surface area contributed by atoms with Crippen LogP contribution in [0.25, 0.3) is 0 Å². The van der Waals surface area contributed by atoms with Gasteiger partial charge in [0, 0.05) is 25.7 Å². The predicted octanol–water partition coefficient (Wildman–Crippen LogP) is 3.22. The van der Waals surface area contributed by atoms with Crippen LogP contribution in [0.4, 0.5) is 0 Å². The molecule has 4 atom stereocenters. The Balaban J connectivity index is 1.40. The highest BCUT2D eigenvalue weighted by molar-refractivity contribution is 5.90. The van der Waals surface area contributed by atoms with Gasteiger partial charge in [-0.15, -0.1) is 0 Å². The molecule has 2 aliphatic heterocycles.